The minimum absolute atomic E-state index is 0.121. The number of aliphatic hydroxyl groups excluding tert-OH is 1. The van der Waals surface area contributed by atoms with E-state index in [1.165, 1.54) is 0 Å². The van der Waals surface area contributed by atoms with Gasteiger partial charge in [0.1, 0.15) is 11.5 Å². The maximum atomic E-state index is 10.00. The summed E-state index contributed by atoms with van der Waals surface area (Å²) in [4.78, 5) is 2.98. The monoisotopic (exact) mass is 341 g/mol. The minimum atomic E-state index is 0.121. The Labute approximate surface area is 148 Å². The second-order valence-electron chi connectivity index (χ2n) is 5.62. The van der Waals surface area contributed by atoms with Gasteiger partial charge in [-0.25, -0.2) is 4.99 Å². The normalized spacial score (nSPS) is 12.0. The number of rotatable bonds is 8. The molecular weight excluding hydrogens is 316 g/mol. The zero-order valence-electron chi connectivity index (χ0n) is 14.9. The summed E-state index contributed by atoms with van der Waals surface area (Å²) < 4.78 is 10.3. The van der Waals surface area contributed by atoms with Crippen LogP contribution in [0.1, 0.15) is 18.1 Å². The van der Waals surface area contributed by atoms with Gasteiger partial charge in [0.25, 0.3) is 0 Å². The molecule has 0 radical (unpaired) electrons. The lowest BCUT2D eigenvalue weighted by molar-refractivity contribution is -0.483. The smallest absolute Gasteiger partial charge is 0.360 e. The van der Waals surface area contributed by atoms with Crippen LogP contribution in [0.3, 0.4) is 0 Å². The van der Waals surface area contributed by atoms with Gasteiger partial charge in [0.2, 0.25) is 0 Å². The van der Waals surface area contributed by atoms with Gasteiger partial charge in [-0.15, -0.1) is 0 Å². The molecule has 5 nitrogen and oxygen atoms in total. The number of hydrogen-bond donors (Lipinski definition) is 3. The van der Waals surface area contributed by atoms with Crippen molar-refractivity contribution in [3.8, 4) is 11.5 Å². The average molecular weight is 341 g/mol. The summed E-state index contributed by atoms with van der Waals surface area (Å²) in [6.07, 6.45) is 1.67. The van der Waals surface area contributed by atoms with E-state index in [0.29, 0.717) is 13.1 Å². The molecule has 0 fully saturated rings. The molecule has 0 bridgehead atoms. The van der Waals surface area contributed by atoms with E-state index in [1.807, 2.05) is 55.5 Å². The third kappa shape index (κ3) is 6.22. The van der Waals surface area contributed by atoms with Crippen LogP contribution in [-0.4, -0.2) is 25.2 Å². The summed E-state index contributed by atoms with van der Waals surface area (Å²) in [5.74, 6) is 1.77. The molecule has 0 aliphatic carbocycles. The van der Waals surface area contributed by atoms with Crippen LogP contribution in [0, 0.1) is 0 Å². The Bertz CT molecular complexity index is 720. The van der Waals surface area contributed by atoms with Crippen LogP contribution in [0.4, 0.5) is 0 Å². The summed E-state index contributed by atoms with van der Waals surface area (Å²) in [7, 11) is 3.29. The predicted molar refractivity (Wildman–Crippen MR) is 98.9 cm³/mol. The van der Waals surface area contributed by atoms with Crippen molar-refractivity contribution in [1.82, 2.24) is 5.32 Å². The molecule has 0 unspecified atom stereocenters. The van der Waals surface area contributed by atoms with Crippen molar-refractivity contribution in [3.63, 3.8) is 0 Å². The molecule has 2 aromatic rings. The molecular formula is C20H25N2O3+. The van der Waals surface area contributed by atoms with E-state index in [4.69, 9.17) is 9.47 Å². The van der Waals surface area contributed by atoms with E-state index in [-0.39, 0.29) is 5.90 Å². The van der Waals surface area contributed by atoms with Gasteiger partial charge in [-0.1, -0.05) is 12.1 Å². The van der Waals surface area contributed by atoms with Crippen LogP contribution in [-0.2, 0) is 13.1 Å². The second-order valence-corrected chi connectivity index (χ2v) is 5.62. The van der Waals surface area contributed by atoms with E-state index in [9.17, 15) is 5.11 Å². The highest BCUT2D eigenvalue weighted by molar-refractivity contribution is 5.80. The molecule has 5 heteroatoms. The van der Waals surface area contributed by atoms with Crippen molar-refractivity contribution in [3.05, 3.63) is 71.4 Å². The summed E-state index contributed by atoms with van der Waals surface area (Å²) in [5, 5.41) is 13.3. The van der Waals surface area contributed by atoms with Gasteiger partial charge >= 0.3 is 5.90 Å². The predicted octanol–water partition coefficient (Wildman–Crippen LogP) is 1.93. The van der Waals surface area contributed by atoms with Crippen LogP contribution in [0.15, 0.2) is 60.3 Å². The maximum Gasteiger partial charge on any atom is 0.360 e. The van der Waals surface area contributed by atoms with Gasteiger partial charge in [0, 0.05) is 17.8 Å². The molecule has 0 aliphatic rings. The Hall–Kier alpha value is -2.95. The molecule has 132 valence electrons. The molecule has 0 spiro atoms. The Morgan fingerprint density at radius 2 is 1.48 bits per heavy atom. The van der Waals surface area contributed by atoms with Crippen molar-refractivity contribution in [2.45, 2.75) is 20.0 Å². The Morgan fingerprint density at radius 3 is 2.00 bits per heavy atom. The van der Waals surface area contributed by atoms with Crippen molar-refractivity contribution >= 4 is 5.90 Å². The van der Waals surface area contributed by atoms with E-state index >= 15 is 0 Å². The highest BCUT2D eigenvalue weighted by Crippen LogP contribution is 2.11. The fourth-order valence-corrected chi connectivity index (χ4v) is 2.23. The summed E-state index contributed by atoms with van der Waals surface area (Å²) >= 11 is 0. The summed E-state index contributed by atoms with van der Waals surface area (Å²) in [6.45, 7) is 3.13. The Morgan fingerprint density at radius 1 is 0.960 bits per heavy atom. The van der Waals surface area contributed by atoms with E-state index in [2.05, 4.69) is 10.3 Å². The topological polar surface area (TPSA) is 64.7 Å². The highest BCUT2D eigenvalue weighted by Gasteiger charge is 2.02. The molecule has 0 heterocycles. The lowest BCUT2D eigenvalue weighted by Gasteiger charge is -2.06. The van der Waals surface area contributed by atoms with E-state index in [0.717, 1.165) is 28.3 Å². The van der Waals surface area contributed by atoms with Gasteiger partial charge in [0.05, 0.1) is 20.3 Å². The first-order valence-corrected chi connectivity index (χ1v) is 8.08. The fourth-order valence-electron chi connectivity index (χ4n) is 2.23. The summed E-state index contributed by atoms with van der Waals surface area (Å²) in [5.41, 5.74) is 3.07. The Kier molecular flexibility index (Phi) is 6.89. The molecule has 3 N–H and O–H groups in total. The molecule has 2 aromatic carbocycles. The zero-order chi connectivity index (χ0) is 18.1. The Balaban J connectivity index is 1.86. The summed E-state index contributed by atoms with van der Waals surface area (Å²) in [6, 6.07) is 15.6. The largest absolute Gasteiger partial charge is 0.497 e. The van der Waals surface area contributed by atoms with Crippen LogP contribution < -0.4 is 19.8 Å². The van der Waals surface area contributed by atoms with Crippen LogP contribution in [0.2, 0.25) is 0 Å². The van der Waals surface area contributed by atoms with Gasteiger partial charge in [-0.2, -0.15) is 0 Å². The molecule has 0 atom stereocenters. The molecule has 2 rings (SSSR count). The highest BCUT2D eigenvalue weighted by atomic mass is 16.5. The lowest BCUT2D eigenvalue weighted by Crippen LogP contribution is -2.71. The number of aliphatic hydroxyl groups is 1. The number of ether oxygens (including phenoxy) is 2. The fraction of sp³-hybridized carbons (Fsp3) is 0.250. The standard InChI is InChI=1S/C20H24N2O3/c1-15(21-13-16-4-8-18(24-2)9-5-16)12-20(23)22-14-17-6-10-19(25-3)11-7-17/h4-12,21H,13-14H2,1-3H3,(H,22,23)/p+1/b15-12-. The first-order chi connectivity index (χ1) is 12.1. The zero-order valence-corrected chi connectivity index (χ0v) is 14.9. The maximum absolute atomic E-state index is 10.00. The second kappa shape index (κ2) is 9.37. The van der Waals surface area contributed by atoms with Gasteiger partial charge in [-0.05, 0) is 48.9 Å². The molecule has 0 saturated heterocycles. The van der Waals surface area contributed by atoms with Gasteiger partial charge in [0.15, 0.2) is 6.54 Å². The van der Waals surface area contributed by atoms with Crippen molar-refractivity contribution in [2.75, 3.05) is 14.2 Å². The van der Waals surface area contributed by atoms with Crippen molar-refractivity contribution in [1.29, 1.82) is 0 Å². The molecule has 0 amide bonds. The first kappa shape index (κ1) is 18.4. The number of methoxy groups -OCH3 is 2. The van der Waals surface area contributed by atoms with Crippen molar-refractivity contribution in [2.24, 2.45) is 0 Å². The molecule has 0 aromatic heterocycles. The van der Waals surface area contributed by atoms with Crippen molar-refractivity contribution < 1.29 is 19.6 Å². The van der Waals surface area contributed by atoms with Crippen LogP contribution >= 0.6 is 0 Å². The molecule has 0 saturated carbocycles. The minimum Gasteiger partial charge on any atom is -0.497 e. The van der Waals surface area contributed by atoms with Gasteiger partial charge < -0.3 is 19.9 Å². The van der Waals surface area contributed by atoms with E-state index in [1.54, 1.807) is 20.3 Å². The SMILES string of the molecule is COc1ccc(CN/C(C)=C\C(O)=[NH+]Cc2ccc(OC)cc2)cc1. The van der Waals surface area contributed by atoms with Gasteiger partial charge in [-0.3, -0.25) is 0 Å². The van der Waals surface area contributed by atoms with E-state index < -0.39 is 0 Å². The van der Waals surface area contributed by atoms with Crippen LogP contribution in [0.5, 0.6) is 11.5 Å². The first-order valence-electron chi connectivity index (χ1n) is 8.08. The molecule has 25 heavy (non-hydrogen) atoms. The number of hydrogen-bond acceptors (Lipinski definition) is 3. The number of allylic oxidation sites excluding steroid dienone is 1. The lowest BCUT2D eigenvalue weighted by atomic mass is 10.2. The third-order valence-electron chi connectivity index (χ3n) is 3.72. The molecule has 0 aliphatic heterocycles. The third-order valence-corrected chi connectivity index (χ3v) is 3.72. The average Bonchev–Trinajstić information content (AvgIpc) is 2.65. The number of benzene rings is 2. The number of nitrogens with one attached hydrogen (secondary N) is 2. The quantitative estimate of drug-likeness (QED) is 0.507. The van der Waals surface area contributed by atoms with Crippen LogP contribution in [0.25, 0.3) is 0 Å².